The van der Waals surface area contributed by atoms with Crippen molar-refractivity contribution < 1.29 is 4.79 Å². The maximum atomic E-state index is 12.0. The monoisotopic (exact) mass is 327 g/mol. The van der Waals surface area contributed by atoms with E-state index < -0.39 is 0 Å². The van der Waals surface area contributed by atoms with Crippen LogP contribution < -0.4 is 5.32 Å². The quantitative estimate of drug-likeness (QED) is 0.872. The first-order chi connectivity index (χ1) is 9.63. The Labute approximate surface area is 130 Å². The number of nitrogens with one attached hydrogen (secondary N) is 1. The molecule has 1 aliphatic rings. The van der Waals surface area contributed by atoms with E-state index in [1.807, 2.05) is 5.38 Å². The molecule has 2 heterocycles. The molecule has 3 rings (SSSR count). The molecule has 2 aromatic heterocycles. The summed E-state index contributed by atoms with van der Waals surface area (Å²) >= 11 is 13.3. The summed E-state index contributed by atoms with van der Waals surface area (Å²) < 4.78 is 0. The van der Waals surface area contributed by atoms with Crippen LogP contribution in [0.1, 0.15) is 39.8 Å². The van der Waals surface area contributed by atoms with Crippen LogP contribution in [0, 0.1) is 0 Å². The lowest BCUT2D eigenvalue weighted by Gasteiger charge is -2.05. The van der Waals surface area contributed by atoms with Crippen LogP contribution in [0.2, 0.25) is 10.2 Å². The number of rotatable bonds is 4. The van der Waals surface area contributed by atoms with Crippen LogP contribution >= 0.6 is 34.5 Å². The molecule has 1 amide bonds. The van der Waals surface area contributed by atoms with E-state index in [0.29, 0.717) is 18.0 Å². The van der Waals surface area contributed by atoms with Gasteiger partial charge in [-0.15, -0.1) is 11.3 Å². The number of amides is 1. The summed E-state index contributed by atoms with van der Waals surface area (Å²) in [6.45, 7) is 0.387. The molecule has 0 aliphatic heterocycles. The lowest BCUT2D eigenvalue weighted by Crippen LogP contribution is -2.23. The summed E-state index contributed by atoms with van der Waals surface area (Å²) in [6.07, 6.45) is 3.82. The number of hydrogen-bond acceptors (Lipinski definition) is 4. The topological polar surface area (TPSA) is 54.9 Å². The molecular formula is C13H11Cl2N3OS. The first-order valence-electron chi connectivity index (χ1n) is 6.17. The van der Waals surface area contributed by atoms with Gasteiger partial charge < -0.3 is 5.32 Å². The summed E-state index contributed by atoms with van der Waals surface area (Å²) in [4.78, 5) is 20.4. The first kappa shape index (κ1) is 13.8. The molecule has 104 valence electrons. The molecule has 2 aromatic rings. The van der Waals surface area contributed by atoms with E-state index in [1.54, 1.807) is 11.3 Å². The zero-order valence-corrected chi connectivity index (χ0v) is 12.7. The summed E-state index contributed by atoms with van der Waals surface area (Å²) in [5, 5.41) is 6.46. The summed E-state index contributed by atoms with van der Waals surface area (Å²) in [7, 11) is 0. The molecule has 0 atom stereocenters. The van der Waals surface area contributed by atoms with Crippen molar-refractivity contribution in [3.05, 3.63) is 44.1 Å². The average Bonchev–Trinajstić information content (AvgIpc) is 3.18. The second-order valence-corrected chi connectivity index (χ2v) is 6.31. The van der Waals surface area contributed by atoms with Gasteiger partial charge in [0.1, 0.15) is 5.15 Å². The zero-order chi connectivity index (χ0) is 14.1. The predicted molar refractivity (Wildman–Crippen MR) is 79.5 cm³/mol. The van der Waals surface area contributed by atoms with E-state index in [0.717, 1.165) is 5.69 Å². The van der Waals surface area contributed by atoms with Crippen molar-refractivity contribution >= 4 is 40.4 Å². The van der Waals surface area contributed by atoms with Crippen molar-refractivity contribution in [1.29, 1.82) is 0 Å². The molecule has 7 heteroatoms. The minimum Gasteiger partial charge on any atom is -0.346 e. The molecule has 0 saturated heterocycles. The molecule has 0 radical (unpaired) electrons. The zero-order valence-electron chi connectivity index (χ0n) is 10.4. The highest BCUT2D eigenvalue weighted by Gasteiger charge is 2.26. The van der Waals surface area contributed by atoms with Gasteiger partial charge >= 0.3 is 0 Å². The highest BCUT2D eigenvalue weighted by molar-refractivity contribution is 7.09. The van der Waals surface area contributed by atoms with Crippen LogP contribution in [0.15, 0.2) is 17.6 Å². The van der Waals surface area contributed by atoms with Gasteiger partial charge in [0, 0.05) is 17.5 Å². The van der Waals surface area contributed by atoms with Gasteiger partial charge in [0.15, 0.2) is 0 Å². The fourth-order valence-corrected chi connectivity index (χ4v) is 3.11. The highest BCUT2D eigenvalue weighted by atomic mass is 35.5. The van der Waals surface area contributed by atoms with Crippen LogP contribution in [0.4, 0.5) is 0 Å². The summed E-state index contributed by atoms with van der Waals surface area (Å²) in [6, 6.07) is 1.45. The van der Waals surface area contributed by atoms with E-state index >= 15 is 0 Å². The van der Waals surface area contributed by atoms with Gasteiger partial charge in [-0.25, -0.2) is 9.97 Å². The van der Waals surface area contributed by atoms with Crippen molar-refractivity contribution in [3.63, 3.8) is 0 Å². The predicted octanol–water partition coefficient (Wildman–Crippen LogP) is 3.65. The molecule has 1 aliphatic carbocycles. The minimum absolute atomic E-state index is 0.240. The molecule has 0 spiro atoms. The molecule has 0 bridgehead atoms. The fraction of sp³-hybridized carbons (Fsp3) is 0.308. The van der Waals surface area contributed by atoms with E-state index in [-0.39, 0.29) is 16.1 Å². The third kappa shape index (κ3) is 3.11. The lowest BCUT2D eigenvalue weighted by atomic mass is 10.2. The molecule has 20 heavy (non-hydrogen) atoms. The molecule has 1 saturated carbocycles. The second-order valence-electron chi connectivity index (χ2n) is 4.62. The molecule has 1 fully saturated rings. The fourth-order valence-electron chi connectivity index (χ4n) is 1.77. The van der Waals surface area contributed by atoms with Crippen molar-refractivity contribution in [2.24, 2.45) is 0 Å². The second kappa shape index (κ2) is 5.68. The van der Waals surface area contributed by atoms with Crippen LogP contribution in [0.5, 0.6) is 0 Å². The minimum atomic E-state index is -0.278. The number of carbonyl (C=O) groups excluding carboxylic acids is 1. The number of hydrogen-bond donors (Lipinski definition) is 1. The van der Waals surface area contributed by atoms with Gasteiger partial charge in [-0.2, -0.15) is 0 Å². The normalized spacial score (nSPS) is 14.3. The van der Waals surface area contributed by atoms with Crippen molar-refractivity contribution in [3.8, 4) is 0 Å². The SMILES string of the molecule is O=C(NCc1csc(C2CC2)n1)c1cc(Cl)ncc1Cl. The van der Waals surface area contributed by atoms with Crippen LogP contribution in [-0.2, 0) is 6.54 Å². The molecule has 0 aromatic carbocycles. The maximum absolute atomic E-state index is 12.0. The standard InChI is InChI=1S/C13H11Cl2N3OS/c14-10-5-16-11(15)3-9(10)12(19)17-4-8-6-20-13(18-8)7-1-2-7/h3,5-7H,1-2,4H2,(H,17,19). The number of aromatic nitrogens is 2. The van der Waals surface area contributed by atoms with E-state index in [2.05, 4.69) is 15.3 Å². The summed E-state index contributed by atoms with van der Waals surface area (Å²) in [5.74, 6) is 0.359. The van der Waals surface area contributed by atoms with Gasteiger partial charge in [0.2, 0.25) is 0 Å². The third-order valence-electron chi connectivity index (χ3n) is 2.99. The Hall–Kier alpha value is -1.17. The summed E-state index contributed by atoms with van der Waals surface area (Å²) in [5.41, 5.74) is 1.20. The average molecular weight is 328 g/mol. The number of nitrogens with zero attached hydrogens (tertiary/aromatic N) is 2. The van der Waals surface area contributed by atoms with E-state index in [9.17, 15) is 4.79 Å². The Morgan fingerprint density at radius 2 is 2.25 bits per heavy atom. The van der Waals surface area contributed by atoms with Crippen molar-refractivity contribution in [2.75, 3.05) is 0 Å². The highest BCUT2D eigenvalue weighted by Crippen LogP contribution is 2.41. The van der Waals surface area contributed by atoms with Gasteiger partial charge in [0.25, 0.3) is 5.91 Å². The lowest BCUT2D eigenvalue weighted by molar-refractivity contribution is 0.0950. The Bertz CT molecular complexity index is 655. The van der Waals surface area contributed by atoms with Crippen LogP contribution in [0.3, 0.4) is 0 Å². The smallest absolute Gasteiger partial charge is 0.253 e. The van der Waals surface area contributed by atoms with Crippen LogP contribution in [-0.4, -0.2) is 15.9 Å². The Morgan fingerprint density at radius 1 is 1.45 bits per heavy atom. The third-order valence-corrected chi connectivity index (χ3v) is 4.56. The number of halogens is 2. The van der Waals surface area contributed by atoms with Crippen molar-refractivity contribution in [1.82, 2.24) is 15.3 Å². The molecule has 4 nitrogen and oxygen atoms in total. The Balaban J connectivity index is 1.64. The Morgan fingerprint density at radius 3 is 3.00 bits per heavy atom. The number of carbonyl (C=O) groups is 1. The van der Waals surface area contributed by atoms with Gasteiger partial charge in [-0.05, 0) is 18.9 Å². The van der Waals surface area contributed by atoms with Gasteiger partial charge in [-0.1, -0.05) is 23.2 Å². The van der Waals surface area contributed by atoms with Crippen molar-refractivity contribution in [2.45, 2.75) is 25.3 Å². The van der Waals surface area contributed by atoms with Gasteiger partial charge in [-0.3, -0.25) is 4.79 Å². The number of pyridine rings is 1. The largest absolute Gasteiger partial charge is 0.346 e. The van der Waals surface area contributed by atoms with E-state index in [1.165, 1.54) is 30.1 Å². The van der Waals surface area contributed by atoms with Gasteiger partial charge in [0.05, 0.1) is 27.8 Å². The molecule has 1 N–H and O–H groups in total. The Kier molecular flexibility index (Phi) is 3.92. The molecular weight excluding hydrogens is 317 g/mol. The van der Waals surface area contributed by atoms with E-state index in [4.69, 9.17) is 23.2 Å². The van der Waals surface area contributed by atoms with Crippen LogP contribution in [0.25, 0.3) is 0 Å². The molecule has 0 unspecified atom stereocenters. The number of thiazole rings is 1. The first-order valence-corrected chi connectivity index (χ1v) is 7.80. The maximum Gasteiger partial charge on any atom is 0.253 e.